The highest BCUT2D eigenvalue weighted by atomic mass is 35.5. The predicted molar refractivity (Wildman–Crippen MR) is 58.9 cm³/mol. The summed E-state index contributed by atoms with van der Waals surface area (Å²) in [5.74, 6) is 2.20. The molecule has 1 heterocycles. The number of nitrogens with zero attached hydrogens (tertiary/aromatic N) is 1. The van der Waals surface area contributed by atoms with Crippen LogP contribution in [0.15, 0.2) is 24.5 Å². The van der Waals surface area contributed by atoms with Crippen LogP contribution in [0.4, 0.5) is 0 Å². The molecule has 78 valence electrons. The molecule has 1 unspecified atom stereocenters. The summed E-state index contributed by atoms with van der Waals surface area (Å²) in [5, 5.41) is 0. The standard InChI is InChI=1S/C11H16ClNO/c1-10(4-6-12)5-8-14-11-3-2-7-13-9-11/h2-3,7,9-10H,4-6,8H2,1H3. The number of hydrogen-bond acceptors (Lipinski definition) is 2. The Hall–Kier alpha value is -0.760. The topological polar surface area (TPSA) is 22.1 Å². The molecule has 1 rings (SSSR count). The van der Waals surface area contributed by atoms with Gasteiger partial charge >= 0.3 is 0 Å². The zero-order valence-corrected chi connectivity index (χ0v) is 9.20. The molecular weight excluding hydrogens is 198 g/mol. The molecule has 1 aromatic heterocycles. The van der Waals surface area contributed by atoms with Crippen molar-refractivity contribution in [2.45, 2.75) is 19.8 Å². The van der Waals surface area contributed by atoms with E-state index in [9.17, 15) is 0 Å². The van der Waals surface area contributed by atoms with Crippen LogP contribution in [0.3, 0.4) is 0 Å². The van der Waals surface area contributed by atoms with Gasteiger partial charge in [0, 0.05) is 12.1 Å². The summed E-state index contributed by atoms with van der Waals surface area (Å²) in [5.41, 5.74) is 0. The van der Waals surface area contributed by atoms with Crippen molar-refractivity contribution in [3.05, 3.63) is 24.5 Å². The SMILES string of the molecule is CC(CCCl)CCOc1cccnc1. The van der Waals surface area contributed by atoms with Crippen molar-refractivity contribution >= 4 is 11.6 Å². The van der Waals surface area contributed by atoms with Crippen LogP contribution in [0, 0.1) is 5.92 Å². The van der Waals surface area contributed by atoms with Gasteiger partial charge in [0.15, 0.2) is 0 Å². The van der Waals surface area contributed by atoms with Crippen LogP contribution in [0.1, 0.15) is 19.8 Å². The summed E-state index contributed by atoms with van der Waals surface area (Å²) in [6.07, 6.45) is 5.56. The molecule has 3 heteroatoms. The number of halogens is 1. The zero-order chi connectivity index (χ0) is 10.2. The lowest BCUT2D eigenvalue weighted by atomic mass is 10.1. The van der Waals surface area contributed by atoms with Gasteiger partial charge in [0.2, 0.25) is 0 Å². The molecular formula is C11H16ClNO. The molecule has 0 N–H and O–H groups in total. The first kappa shape index (κ1) is 11.3. The van der Waals surface area contributed by atoms with E-state index in [-0.39, 0.29) is 0 Å². The second-order valence-corrected chi connectivity index (χ2v) is 3.79. The lowest BCUT2D eigenvalue weighted by Crippen LogP contribution is -2.04. The Kier molecular flexibility index (Phi) is 5.38. The van der Waals surface area contributed by atoms with Crippen molar-refractivity contribution in [2.24, 2.45) is 5.92 Å². The largest absolute Gasteiger partial charge is 0.492 e. The minimum atomic E-state index is 0.629. The Bertz CT molecular complexity index is 240. The maximum Gasteiger partial charge on any atom is 0.137 e. The second kappa shape index (κ2) is 6.66. The number of ether oxygens (including phenoxy) is 1. The van der Waals surface area contributed by atoms with Crippen LogP contribution < -0.4 is 4.74 Å². The van der Waals surface area contributed by atoms with E-state index in [1.807, 2.05) is 12.1 Å². The molecule has 2 nitrogen and oxygen atoms in total. The number of alkyl halides is 1. The lowest BCUT2D eigenvalue weighted by Gasteiger charge is -2.10. The van der Waals surface area contributed by atoms with Crippen molar-refractivity contribution in [2.75, 3.05) is 12.5 Å². The van der Waals surface area contributed by atoms with Crippen LogP contribution in [0.25, 0.3) is 0 Å². The average molecular weight is 214 g/mol. The second-order valence-electron chi connectivity index (χ2n) is 3.41. The molecule has 0 aliphatic carbocycles. The first-order valence-corrected chi connectivity index (χ1v) is 5.45. The summed E-state index contributed by atoms with van der Waals surface area (Å²) in [6.45, 7) is 2.93. The summed E-state index contributed by atoms with van der Waals surface area (Å²) < 4.78 is 5.52. The summed E-state index contributed by atoms with van der Waals surface area (Å²) >= 11 is 5.64. The third-order valence-electron chi connectivity index (χ3n) is 2.12. The summed E-state index contributed by atoms with van der Waals surface area (Å²) in [6, 6.07) is 3.79. The molecule has 1 aromatic rings. The maximum atomic E-state index is 5.64. The van der Waals surface area contributed by atoms with E-state index < -0.39 is 0 Å². The molecule has 0 saturated heterocycles. The predicted octanol–water partition coefficient (Wildman–Crippen LogP) is 3.12. The molecule has 0 amide bonds. The molecule has 0 fully saturated rings. The van der Waals surface area contributed by atoms with Crippen molar-refractivity contribution in [1.29, 1.82) is 0 Å². The Morgan fingerprint density at radius 3 is 3.00 bits per heavy atom. The van der Waals surface area contributed by atoms with Gasteiger partial charge in [-0.1, -0.05) is 6.92 Å². The Morgan fingerprint density at radius 1 is 1.50 bits per heavy atom. The third-order valence-corrected chi connectivity index (χ3v) is 2.33. The highest BCUT2D eigenvalue weighted by Gasteiger charge is 2.01. The van der Waals surface area contributed by atoms with E-state index in [4.69, 9.17) is 16.3 Å². The highest BCUT2D eigenvalue weighted by Crippen LogP contribution is 2.11. The van der Waals surface area contributed by atoms with Gasteiger partial charge in [-0.2, -0.15) is 0 Å². The van der Waals surface area contributed by atoms with Crippen LogP contribution in [0.5, 0.6) is 5.75 Å². The van der Waals surface area contributed by atoms with Gasteiger partial charge in [0.1, 0.15) is 5.75 Å². The fraction of sp³-hybridized carbons (Fsp3) is 0.545. The van der Waals surface area contributed by atoms with Crippen LogP contribution >= 0.6 is 11.6 Å². The highest BCUT2D eigenvalue weighted by molar-refractivity contribution is 6.17. The quantitative estimate of drug-likeness (QED) is 0.678. The van der Waals surface area contributed by atoms with Gasteiger partial charge in [-0.3, -0.25) is 4.98 Å². The number of pyridine rings is 1. The molecule has 0 spiro atoms. The van der Waals surface area contributed by atoms with Gasteiger partial charge in [-0.15, -0.1) is 11.6 Å². The molecule has 14 heavy (non-hydrogen) atoms. The Balaban J connectivity index is 2.16. The van der Waals surface area contributed by atoms with Crippen molar-refractivity contribution in [1.82, 2.24) is 4.98 Å². The summed E-state index contributed by atoms with van der Waals surface area (Å²) in [4.78, 5) is 3.97. The van der Waals surface area contributed by atoms with Gasteiger partial charge in [0.25, 0.3) is 0 Å². The minimum absolute atomic E-state index is 0.629. The van der Waals surface area contributed by atoms with E-state index in [1.165, 1.54) is 0 Å². The van der Waals surface area contributed by atoms with Gasteiger partial charge in [-0.25, -0.2) is 0 Å². The van der Waals surface area contributed by atoms with E-state index in [0.717, 1.165) is 31.1 Å². The number of aromatic nitrogens is 1. The normalized spacial score (nSPS) is 12.4. The van der Waals surface area contributed by atoms with Crippen LogP contribution in [-0.2, 0) is 0 Å². The van der Waals surface area contributed by atoms with Gasteiger partial charge in [0.05, 0.1) is 12.8 Å². The van der Waals surface area contributed by atoms with Crippen molar-refractivity contribution in [3.8, 4) is 5.75 Å². The molecule has 0 aliphatic heterocycles. The molecule has 0 saturated carbocycles. The van der Waals surface area contributed by atoms with E-state index in [0.29, 0.717) is 5.92 Å². The average Bonchev–Trinajstić information content (AvgIpc) is 2.20. The third kappa shape index (κ3) is 4.47. The molecule has 0 bridgehead atoms. The summed E-state index contributed by atoms with van der Waals surface area (Å²) in [7, 11) is 0. The fourth-order valence-corrected chi connectivity index (χ4v) is 1.51. The molecule has 0 aromatic carbocycles. The first-order valence-electron chi connectivity index (χ1n) is 4.91. The van der Waals surface area contributed by atoms with E-state index in [2.05, 4.69) is 11.9 Å². The van der Waals surface area contributed by atoms with Gasteiger partial charge < -0.3 is 4.74 Å². The van der Waals surface area contributed by atoms with Gasteiger partial charge in [-0.05, 0) is 30.9 Å². The zero-order valence-electron chi connectivity index (χ0n) is 8.45. The number of rotatable bonds is 6. The van der Waals surface area contributed by atoms with Crippen molar-refractivity contribution < 1.29 is 4.74 Å². The Morgan fingerprint density at radius 2 is 2.36 bits per heavy atom. The smallest absolute Gasteiger partial charge is 0.137 e. The lowest BCUT2D eigenvalue weighted by molar-refractivity contribution is 0.281. The van der Waals surface area contributed by atoms with E-state index >= 15 is 0 Å². The monoisotopic (exact) mass is 213 g/mol. The van der Waals surface area contributed by atoms with Crippen LogP contribution in [-0.4, -0.2) is 17.5 Å². The fourth-order valence-electron chi connectivity index (χ4n) is 1.14. The molecule has 1 atom stereocenters. The maximum absolute atomic E-state index is 5.64. The molecule has 0 radical (unpaired) electrons. The molecule has 0 aliphatic rings. The first-order chi connectivity index (χ1) is 6.83. The minimum Gasteiger partial charge on any atom is -0.492 e. The van der Waals surface area contributed by atoms with Crippen LogP contribution in [0.2, 0.25) is 0 Å². The Labute approximate surface area is 90.3 Å². The van der Waals surface area contributed by atoms with Crippen molar-refractivity contribution in [3.63, 3.8) is 0 Å². The number of hydrogen-bond donors (Lipinski definition) is 0. The van der Waals surface area contributed by atoms with E-state index in [1.54, 1.807) is 12.4 Å².